The van der Waals surface area contributed by atoms with Crippen LogP contribution in [0.5, 0.6) is 0 Å². The fourth-order valence-electron chi connectivity index (χ4n) is 2.78. The minimum Gasteiger partial charge on any atom is -0.354 e. The average Bonchev–Trinajstić information content (AvgIpc) is 3.11. The van der Waals surface area contributed by atoms with E-state index in [0.29, 0.717) is 29.8 Å². The largest absolute Gasteiger partial charge is 0.453 e. The minimum atomic E-state index is -4.63. The summed E-state index contributed by atoms with van der Waals surface area (Å²) in [6, 6.07) is 3.03. The van der Waals surface area contributed by atoms with Gasteiger partial charge < -0.3 is 10.2 Å². The molecule has 136 valence electrons. The van der Waals surface area contributed by atoms with Crippen molar-refractivity contribution in [1.29, 1.82) is 0 Å². The van der Waals surface area contributed by atoms with Crippen LogP contribution in [-0.4, -0.2) is 44.3 Å². The van der Waals surface area contributed by atoms with Gasteiger partial charge in [-0.05, 0) is 39.3 Å². The van der Waals surface area contributed by atoms with Crippen molar-refractivity contribution in [2.24, 2.45) is 5.92 Å². The molecule has 10 heteroatoms. The second-order valence-corrected chi connectivity index (χ2v) is 7.15. The second-order valence-electron chi connectivity index (χ2n) is 7.15. The highest BCUT2D eigenvalue weighted by molar-refractivity contribution is 5.80. The second kappa shape index (κ2) is 5.85. The number of hydrogen-bond donors (Lipinski definition) is 1. The zero-order chi connectivity index (χ0) is 18.4. The molecule has 0 aliphatic carbocycles. The van der Waals surface area contributed by atoms with Crippen molar-refractivity contribution < 1.29 is 18.0 Å². The Kier molecular flexibility index (Phi) is 4.08. The van der Waals surface area contributed by atoms with Crippen LogP contribution in [0, 0.1) is 5.92 Å². The molecule has 0 bridgehead atoms. The van der Waals surface area contributed by atoms with Crippen LogP contribution in [-0.2, 0) is 11.0 Å². The van der Waals surface area contributed by atoms with Crippen molar-refractivity contribution in [2.75, 3.05) is 18.0 Å². The highest BCUT2D eigenvalue weighted by atomic mass is 19.4. The molecule has 25 heavy (non-hydrogen) atoms. The number of nitrogens with zero attached hydrogens (tertiary/aromatic N) is 5. The van der Waals surface area contributed by atoms with Crippen molar-refractivity contribution in [2.45, 2.75) is 38.9 Å². The standard InChI is InChI=1S/C15H19F3N6O/c1-14(2,3)19-12(25)9-6-7-23(8-9)11-5-4-10-20-21-13(15(16,17)18)24(10)22-11/h4-5,9H,6-8H2,1-3H3,(H,19,25). The summed E-state index contributed by atoms with van der Waals surface area (Å²) in [5.74, 6) is -1.08. The number of amides is 1. The number of nitrogens with one attached hydrogen (secondary N) is 1. The van der Waals surface area contributed by atoms with Crippen LogP contribution in [0.1, 0.15) is 33.0 Å². The van der Waals surface area contributed by atoms with E-state index in [-0.39, 0.29) is 23.0 Å². The predicted molar refractivity (Wildman–Crippen MR) is 84.0 cm³/mol. The molecule has 1 N–H and O–H groups in total. The van der Waals surface area contributed by atoms with Gasteiger partial charge in [0, 0.05) is 18.6 Å². The van der Waals surface area contributed by atoms with E-state index < -0.39 is 12.0 Å². The summed E-state index contributed by atoms with van der Waals surface area (Å²) in [4.78, 5) is 14.1. The molecule has 1 saturated heterocycles. The molecule has 1 unspecified atom stereocenters. The van der Waals surface area contributed by atoms with Gasteiger partial charge in [0.15, 0.2) is 5.65 Å². The van der Waals surface area contributed by atoms with Crippen LogP contribution in [0.4, 0.5) is 19.0 Å². The van der Waals surface area contributed by atoms with Gasteiger partial charge in [0.2, 0.25) is 5.91 Å². The van der Waals surface area contributed by atoms with Gasteiger partial charge in [-0.3, -0.25) is 4.79 Å². The zero-order valence-corrected chi connectivity index (χ0v) is 14.1. The molecule has 3 heterocycles. The lowest BCUT2D eigenvalue weighted by atomic mass is 10.0. The third kappa shape index (κ3) is 3.67. The summed E-state index contributed by atoms with van der Waals surface area (Å²) in [6.45, 7) is 6.65. The molecule has 1 aliphatic rings. The summed E-state index contributed by atoms with van der Waals surface area (Å²) in [5.41, 5.74) is -0.302. The van der Waals surface area contributed by atoms with Gasteiger partial charge in [0.05, 0.1) is 5.92 Å². The molecule has 0 spiro atoms. The molecule has 0 aromatic carbocycles. The van der Waals surface area contributed by atoms with Gasteiger partial charge in [-0.2, -0.15) is 17.7 Å². The lowest BCUT2D eigenvalue weighted by Gasteiger charge is -2.23. The molecule has 2 aromatic rings. The Hall–Kier alpha value is -2.39. The molecule has 1 fully saturated rings. The summed E-state index contributed by atoms with van der Waals surface area (Å²) in [6.07, 6.45) is -4.01. The summed E-state index contributed by atoms with van der Waals surface area (Å²) in [7, 11) is 0. The lowest BCUT2D eigenvalue weighted by Crippen LogP contribution is -2.44. The van der Waals surface area contributed by atoms with E-state index in [1.807, 2.05) is 20.8 Å². The van der Waals surface area contributed by atoms with E-state index >= 15 is 0 Å². The normalized spacial score (nSPS) is 18.8. The first-order valence-corrected chi connectivity index (χ1v) is 7.91. The smallest absolute Gasteiger partial charge is 0.354 e. The van der Waals surface area contributed by atoms with E-state index in [9.17, 15) is 18.0 Å². The molecule has 0 saturated carbocycles. The maximum absolute atomic E-state index is 13.0. The molecular weight excluding hydrogens is 337 g/mol. The monoisotopic (exact) mass is 356 g/mol. The SMILES string of the molecule is CC(C)(C)NC(=O)C1CCN(c2ccc3nnc(C(F)(F)F)n3n2)C1. The molecule has 1 atom stereocenters. The maximum Gasteiger partial charge on any atom is 0.453 e. The minimum absolute atomic E-state index is 0.0253. The number of carbonyl (C=O) groups excluding carboxylic acids is 1. The number of anilines is 1. The Bertz CT molecular complexity index is 795. The summed E-state index contributed by atoms with van der Waals surface area (Å²) < 4.78 is 39.6. The molecule has 1 aliphatic heterocycles. The van der Waals surface area contributed by atoms with Crippen LogP contribution in [0.15, 0.2) is 12.1 Å². The number of fused-ring (bicyclic) bond motifs is 1. The zero-order valence-electron chi connectivity index (χ0n) is 14.1. The Labute approximate surface area is 142 Å². The van der Waals surface area contributed by atoms with E-state index in [4.69, 9.17) is 0 Å². The Morgan fingerprint density at radius 2 is 1.96 bits per heavy atom. The average molecular weight is 356 g/mol. The van der Waals surface area contributed by atoms with Gasteiger partial charge in [-0.1, -0.05) is 0 Å². The van der Waals surface area contributed by atoms with E-state index in [1.165, 1.54) is 6.07 Å². The predicted octanol–water partition coefficient (Wildman–Crippen LogP) is 1.88. The number of hydrogen-bond acceptors (Lipinski definition) is 5. The lowest BCUT2D eigenvalue weighted by molar-refractivity contribution is -0.146. The molecular formula is C15H19F3N6O. The molecule has 3 rings (SSSR count). The molecule has 0 radical (unpaired) electrons. The van der Waals surface area contributed by atoms with Crippen molar-refractivity contribution >= 4 is 17.4 Å². The van der Waals surface area contributed by atoms with Gasteiger partial charge in [-0.15, -0.1) is 15.3 Å². The van der Waals surface area contributed by atoms with Crippen LogP contribution in [0.25, 0.3) is 5.65 Å². The van der Waals surface area contributed by atoms with Crippen molar-refractivity contribution in [3.63, 3.8) is 0 Å². The van der Waals surface area contributed by atoms with Crippen LogP contribution < -0.4 is 10.2 Å². The number of halogens is 3. The van der Waals surface area contributed by atoms with Crippen LogP contribution in [0.2, 0.25) is 0 Å². The van der Waals surface area contributed by atoms with Crippen molar-refractivity contribution in [3.05, 3.63) is 18.0 Å². The highest BCUT2D eigenvalue weighted by Gasteiger charge is 2.38. The number of alkyl halides is 3. The van der Waals surface area contributed by atoms with Crippen LogP contribution >= 0.6 is 0 Å². The summed E-state index contributed by atoms with van der Waals surface area (Å²) in [5, 5.41) is 13.6. The van der Waals surface area contributed by atoms with Gasteiger partial charge >= 0.3 is 6.18 Å². The number of rotatable bonds is 2. The van der Waals surface area contributed by atoms with Gasteiger partial charge in [0.25, 0.3) is 5.82 Å². The Balaban J connectivity index is 1.80. The van der Waals surface area contributed by atoms with Crippen molar-refractivity contribution in [1.82, 2.24) is 25.1 Å². The maximum atomic E-state index is 13.0. The number of carbonyl (C=O) groups is 1. The molecule has 7 nitrogen and oxygen atoms in total. The van der Waals surface area contributed by atoms with E-state index in [1.54, 1.807) is 11.0 Å². The quantitative estimate of drug-likeness (QED) is 0.889. The first-order valence-electron chi connectivity index (χ1n) is 7.91. The molecule has 1 amide bonds. The van der Waals surface area contributed by atoms with E-state index in [2.05, 4.69) is 20.6 Å². The Morgan fingerprint density at radius 3 is 2.60 bits per heavy atom. The molecule has 2 aromatic heterocycles. The van der Waals surface area contributed by atoms with Crippen LogP contribution in [0.3, 0.4) is 0 Å². The highest BCUT2D eigenvalue weighted by Crippen LogP contribution is 2.29. The first kappa shape index (κ1) is 17.4. The van der Waals surface area contributed by atoms with Crippen molar-refractivity contribution in [3.8, 4) is 0 Å². The third-order valence-corrected chi connectivity index (χ3v) is 3.88. The number of aromatic nitrogens is 4. The Morgan fingerprint density at radius 1 is 1.24 bits per heavy atom. The summed E-state index contributed by atoms with van der Waals surface area (Å²) >= 11 is 0. The fourth-order valence-corrected chi connectivity index (χ4v) is 2.78. The fraction of sp³-hybridized carbons (Fsp3) is 0.600. The third-order valence-electron chi connectivity index (χ3n) is 3.88. The van der Waals surface area contributed by atoms with Gasteiger partial charge in [0.1, 0.15) is 5.82 Å². The van der Waals surface area contributed by atoms with E-state index in [0.717, 1.165) is 0 Å². The van der Waals surface area contributed by atoms with Gasteiger partial charge in [-0.25, -0.2) is 0 Å². The topological polar surface area (TPSA) is 75.4 Å². The first-order chi connectivity index (χ1) is 11.5.